The molecule has 0 spiro atoms. The van der Waals surface area contributed by atoms with Gasteiger partial charge in [0.2, 0.25) is 0 Å². The largest absolute Gasteiger partial charge is 0.463 e. The van der Waals surface area contributed by atoms with Crippen LogP contribution < -0.4 is 0 Å². The molecule has 0 unspecified atom stereocenters. The minimum Gasteiger partial charge on any atom is -0.463 e. The number of oxazole rings is 1. The molecule has 0 radical (unpaired) electrons. The van der Waals surface area contributed by atoms with E-state index in [-0.39, 0.29) is 0 Å². The van der Waals surface area contributed by atoms with Crippen molar-refractivity contribution < 1.29 is 13.9 Å². The lowest BCUT2D eigenvalue weighted by Gasteiger charge is -1.98. The summed E-state index contributed by atoms with van der Waals surface area (Å²) >= 11 is 0. The van der Waals surface area contributed by atoms with Crippen LogP contribution in [0.1, 0.15) is 12.3 Å². The Balaban J connectivity index is 1.87. The third-order valence-electron chi connectivity index (χ3n) is 2.28. The van der Waals surface area contributed by atoms with Gasteiger partial charge in [-0.3, -0.25) is 0 Å². The van der Waals surface area contributed by atoms with Gasteiger partial charge >= 0.3 is 5.97 Å². The summed E-state index contributed by atoms with van der Waals surface area (Å²) < 4.78 is 10.4. The number of para-hydroxylation sites is 2. The molecule has 0 fully saturated rings. The van der Waals surface area contributed by atoms with Gasteiger partial charge in [-0.15, -0.1) is 0 Å². The van der Waals surface area contributed by atoms with Crippen molar-refractivity contribution in [2.45, 2.75) is 12.8 Å². The van der Waals surface area contributed by atoms with Crippen molar-refractivity contribution in [1.29, 1.82) is 0 Å². The maximum absolute atomic E-state index is 10.8. The van der Waals surface area contributed by atoms with E-state index in [0.717, 1.165) is 17.2 Å². The molecule has 0 bridgehead atoms. The molecule has 0 amide bonds. The molecule has 0 N–H and O–H groups in total. The summed E-state index contributed by atoms with van der Waals surface area (Å²) in [4.78, 5) is 15.1. The Morgan fingerprint density at radius 1 is 1.47 bits per heavy atom. The molecule has 4 heteroatoms. The van der Waals surface area contributed by atoms with E-state index in [9.17, 15) is 4.79 Å². The number of carbonyl (C=O) groups is 1. The second kappa shape index (κ2) is 5.30. The molecule has 0 saturated heterocycles. The van der Waals surface area contributed by atoms with Crippen LogP contribution in [0, 0.1) is 0 Å². The predicted octanol–water partition coefficient (Wildman–Crippen LogP) is 2.49. The Kier molecular flexibility index (Phi) is 3.55. The first-order valence-electron chi connectivity index (χ1n) is 5.43. The van der Waals surface area contributed by atoms with Crippen molar-refractivity contribution in [2.75, 3.05) is 6.61 Å². The molecule has 2 aromatic rings. The lowest BCUT2D eigenvalue weighted by atomic mass is 10.3. The lowest BCUT2D eigenvalue weighted by molar-refractivity contribution is -0.137. The molecule has 0 aliphatic rings. The van der Waals surface area contributed by atoms with Crippen LogP contribution in [0.25, 0.3) is 11.1 Å². The first-order valence-corrected chi connectivity index (χ1v) is 5.43. The molecule has 1 aromatic heterocycles. The first kappa shape index (κ1) is 11.4. The Morgan fingerprint density at radius 3 is 3.06 bits per heavy atom. The summed E-state index contributed by atoms with van der Waals surface area (Å²) in [6, 6.07) is 7.60. The van der Waals surface area contributed by atoms with Crippen LogP contribution in [-0.2, 0) is 16.0 Å². The maximum atomic E-state index is 10.8. The Bertz CT molecular complexity index is 497. The highest BCUT2D eigenvalue weighted by Crippen LogP contribution is 2.15. The molecule has 1 aromatic carbocycles. The van der Waals surface area contributed by atoms with Crippen LogP contribution in [0.3, 0.4) is 0 Å². The van der Waals surface area contributed by atoms with E-state index in [1.165, 1.54) is 0 Å². The van der Waals surface area contributed by atoms with E-state index < -0.39 is 5.97 Å². The number of fused-ring (bicyclic) bond motifs is 1. The molecule has 1 heterocycles. The van der Waals surface area contributed by atoms with Crippen molar-refractivity contribution in [3.8, 4) is 0 Å². The van der Waals surface area contributed by atoms with Crippen LogP contribution in [-0.4, -0.2) is 17.6 Å². The van der Waals surface area contributed by atoms with E-state index in [2.05, 4.69) is 11.6 Å². The number of nitrogens with zero attached hydrogens (tertiary/aromatic N) is 1. The summed E-state index contributed by atoms with van der Waals surface area (Å²) in [6.45, 7) is 3.67. The number of ether oxygens (including phenoxy) is 1. The quantitative estimate of drug-likeness (QED) is 0.450. The fraction of sp³-hybridized carbons (Fsp3) is 0.231. The van der Waals surface area contributed by atoms with Crippen LogP contribution >= 0.6 is 0 Å². The standard InChI is InChI=1S/C13H13NO3/c1-2-13(15)16-9-5-8-12-14-10-6-3-4-7-11(10)17-12/h2-4,6-7H,1,5,8-9H2. The van der Waals surface area contributed by atoms with E-state index >= 15 is 0 Å². The highest BCUT2D eigenvalue weighted by atomic mass is 16.5. The summed E-state index contributed by atoms with van der Waals surface area (Å²) in [5.41, 5.74) is 1.64. The zero-order valence-electron chi connectivity index (χ0n) is 9.39. The third kappa shape index (κ3) is 2.93. The summed E-state index contributed by atoms with van der Waals surface area (Å²) in [5.74, 6) is 0.267. The number of aromatic nitrogens is 1. The Morgan fingerprint density at radius 2 is 2.29 bits per heavy atom. The summed E-state index contributed by atoms with van der Waals surface area (Å²) in [6.07, 6.45) is 2.49. The van der Waals surface area contributed by atoms with Crippen LogP contribution in [0.5, 0.6) is 0 Å². The van der Waals surface area contributed by atoms with Gasteiger partial charge in [0.25, 0.3) is 0 Å². The molecule has 4 nitrogen and oxygen atoms in total. The molecule has 0 aliphatic heterocycles. The first-order chi connectivity index (χ1) is 8.29. The summed E-state index contributed by atoms with van der Waals surface area (Å²) in [5, 5.41) is 0. The van der Waals surface area contributed by atoms with Crippen molar-refractivity contribution >= 4 is 17.1 Å². The van der Waals surface area contributed by atoms with Crippen molar-refractivity contribution in [3.05, 3.63) is 42.8 Å². The molecule has 17 heavy (non-hydrogen) atoms. The molecule has 88 valence electrons. The van der Waals surface area contributed by atoms with Gasteiger partial charge in [-0.1, -0.05) is 18.7 Å². The highest BCUT2D eigenvalue weighted by Gasteiger charge is 2.04. The molecule has 0 saturated carbocycles. The Hall–Kier alpha value is -2.10. The number of rotatable bonds is 5. The number of hydrogen-bond acceptors (Lipinski definition) is 4. The second-order valence-electron chi connectivity index (χ2n) is 3.55. The Labute approximate surface area is 98.9 Å². The molecule has 2 rings (SSSR count). The van der Waals surface area contributed by atoms with Crippen molar-refractivity contribution in [1.82, 2.24) is 4.98 Å². The third-order valence-corrected chi connectivity index (χ3v) is 2.28. The molecule has 0 atom stereocenters. The topological polar surface area (TPSA) is 52.3 Å². The summed E-state index contributed by atoms with van der Waals surface area (Å²) in [7, 11) is 0. The van der Waals surface area contributed by atoms with Gasteiger partial charge in [0.05, 0.1) is 6.61 Å². The van der Waals surface area contributed by atoms with Gasteiger partial charge in [-0.25, -0.2) is 9.78 Å². The van der Waals surface area contributed by atoms with Crippen LogP contribution in [0.15, 0.2) is 41.3 Å². The molecular weight excluding hydrogens is 218 g/mol. The normalized spacial score (nSPS) is 10.4. The van der Waals surface area contributed by atoms with Gasteiger partial charge < -0.3 is 9.15 Å². The van der Waals surface area contributed by atoms with E-state index in [1.54, 1.807) is 0 Å². The van der Waals surface area contributed by atoms with Crippen LogP contribution in [0.4, 0.5) is 0 Å². The minimum absolute atomic E-state index is 0.351. The van der Waals surface area contributed by atoms with Gasteiger partial charge in [-0.2, -0.15) is 0 Å². The smallest absolute Gasteiger partial charge is 0.330 e. The van der Waals surface area contributed by atoms with Gasteiger partial charge in [0.1, 0.15) is 5.52 Å². The fourth-order valence-electron chi connectivity index (χ4n) is 1.48. The van der Waals surface area contributed by atoms with Crippen molar-refractivity contribution in [3.63, 3.8) is 0 Å². The average Bonchev–Trinajstić information content (AvgIpc) is 2.76. The van der Waals surface area contributed by atoms with E-state index in [1.807, 2.05) is 24.3 Å². The van der Waals surface area contributed by atoms with E-state index in [4.69, 9.17) is 9.15 Å². The lowest BCUT2D eigenvalue weighted by Crippen LogP contribution is -2.02. The van der Waals surface area contributed by atoms with Gasteiger partial charge in [0.15, 0.2) is 11.5 Å². The predicted molar refractivity (Wildman–Crippen MR) is 63.5 cm³/mol. The molecule has 0 aliphatic carbocycles. The average molecular weight is 231 g/mol. The number of esters is 1. The monoisotopic (exact) mass is 231 g/mol. The fourth-order valence-corrected chi connectivity index (χ4v) is 1.48. The number of benzene rings is 1. The van der Waals surface area contributed by atoms with Crippen molar-refractivity contribution in [2.24, 2.45) is 0 Å². The number of hydrogen-bond donors (Lipinski definition) is 0. The zero-order valence-corrected chi connectivity index (χ0v) is 9.39. The van der Waals surface area contributed by atoms with E-state index in [0.29, 0.717) is 25.3 Å². The van der Waals surface area contributed by atoms with Gasteiger partial charge in [0, 0.05) is 12.5 Å². The maximum Gasteiger partial charge on any atom is 0.330 e. The van der Waals surface area contributed by atoms with Crippen LogP contribution in [0.2, 0.25) is 0 Å². The number of carbonyl (C=O) groups excluding carboxylic acids is 1. The molecular formula is C13H13NO3. The minimum atomic E-state index is -0.400. The second-order valence-corrected chi connectivity index (χ2v) is 3.55. The number of aryl methyl sites for hydroxylation is 1. The SMILES string of the molecule is C=CC(=O)OCCCc1nc2ccccc2o1. The zero-order chi connectivity index (χ0) is 12.1. The van der Waals surface area contributed by atoms with Gasteiger partial charge in [-0.05, 0) is 18.6 Å². The highest BCUT2D eigenvalue weighted by molar-refractivity contribution is 5.81.